The predicted molar refractivity (Wildman–Crippen MR) is 196 cm³/mol. The molecule has 0 bridgehead atoms. The molecule has 3 aliphatic carbocycles. The van der Waals surface area contributed by atoms with Gasteiger partial charge in [0.1, 0.15) is 12.1 Å². The van der Waals surface area contributed by atoms with E-state index in [2.05, 4.69) is 16.0 Å². The van der Waals surface area contributed by atoms with Crippen molar-refractivity contribution in [1.29, 1.82) is 0 Å². The zero-order valence-electron chi connectivity index (χ0n) is 32.2. The van der Waals surface area contributed by atoms with Gasteiger partial charge in [0.15, 0.2) is 0 Å². The summed E-state index contributed by atoms with van der Waals surface area (Å²) in [6.45, 7) is 12.2. The molecule has 5 N–H and O–H groups in total. The monoisotopic (exact) mass is 736 g/mol. The highest BCUT2D eigenvalue weighted by molar-refractivity contribution is 7.88. The zero-order valence-corrected chi connectivity index (χ0v) is 33.0. The number of primary amides is 1. The third kappa shape index (κ3) is 9.44. The molecule has 1 spiro atoms. The zero-order chi connectivity index (χ0) is 38.1. The Morgan fingerprint density at radius 1 is 0.980 bits per heavy atom. The van der Waals surface area contributed by atoms with E-state index in [0.717, 1.165) is 76.9 Å². The summed E-state index contributed by atoms with van der Waals surface area (Å²) < 4.78 is 25.7. The van der Waals surface area contributed by atoms with E-state index in [9.17, 15) is 27.6 Å². The summed E-state index contributed by atoms with van der Waals surface area (Å²) in [6.07, 6.45) is 11.2. The molecule has 51 heavy (non-hydrogen) atoms. The molecule has 3 saturated carbocycles. The first-order valence-corrected chi connectivity index (χ1v) is 20.9. The van der Waals surface area contributed by atoms with Crippen LogP contribution in [0.25, 0.3) is 0 Å². The molecular formula is C37H64N6O7S. The lowest BCUT2D eigenvalue weighted by Crippen LogP contribution is -2.63. The summed E-state index contributed by atoms with van der Waals surface area (Å²) >= 11 is 0. The van der Waals surface area contributed by atoms with Gasteiger partial charge in [-0.3, -0.25) is 19.2 Å². The lowest BCUT2D eigenvalue weighted by atomic mass is 9.70. The van der Waals surface area contributed by atoms with Crippen LogP contribution in [0.15, 0.2) is 0 Å². The number of rotatable bonds is 15. The summed E-state index contributed by atoms with van der Waals surface area (Å²) in [5, 5.41) is 8.90. The number of ketones is 1. The number of hydrogen-bond donors (Lipinski definition) is 4. The van der Waals surface area contributed by atoms with Crippen molar-refractivity contribution in [3.63, 3.8) is 0 Å². The molecule has 290 valence electrons. The minimum atomic E-state index is -3.51. The number of likely N-dealkylation sites (tertiary alicyclic amines) is 1. The number of nitrogens with two attached hydrogens (primary N) is 1. The van der Waals surface area contributed by atoms with Gasteiger partial charge in [0.25, 0.3) is 5.91 Å². The number of urea groups is 1. The maximum absolute atomic E-state index is 15.0. The van der Waals surface area contributed by atoms with E-state index in [4.69, 9.17) is 5.73 Å². The van der Waals surface area contributed by atoms with Crippen molar-refractivity contribution in [3.05, 3.63) is 0 Å². The molecule has 1 heterocycles. The average molecular weight is 737 g/mol. The van der Waals surface area contributed by atoms with Gasteiger partial charge in [0.2, 0.25) is 27.6 Å². The fourth-order valence-electron chi connectivity index (χ4n) is 9.18. The second kappa shape index (κ2) is 15.7. The van der Waals surface area contributed by atoms with Gasteiger partial charge in [-0.1, -0.05) is 73.6 Å². The third-order valence-electron chi connectivity index (χ3n) is 12.7. The van der Waals surface area contributed by atoms with Crippen LogP contribution in [0.2, 0.25) is 0 Å². The quantitative estimate of drug-likeness (QED) is 0.186. The second-order valence-electron chi connectivity index (χ2n) is 17.8. The lowest BCUT2D eigenvalue weighted by Gasteiger charge is -2.43. The highest BCUT2D eigenvalue weighted by Gasteiger charge is 2.64. The summed E-state index contributed by atoms with van der Waals surface area (Å²) in [4.78, 5) is 70.0. The number of nitrogens with one attached hydrogen (secondary N) is 3. The molecule has 0 radical (unpaired) electrons. The van der Waals surface area contributed by atoms with Crippen molar-refractivity contribution in [2.75, 3.05) is 26.4 Å². The van der Waals surface area contributed by atoms with E-state index in [1.165, 1.54) is 11.4 Å². The predicted octanol–water partition coefficient (Wildman–Crippen LogP) is 3.31. The first-order valence-electron chi connectivity index (χ1n) is 19.1. The molecule has 0 aromatic rings. The summed E-state index contributed by atoms with van der Waals surface area (Å²) in [5.74, 6) is -2.62. The Balaban J connectivity index is 1.65. The van der Waals surface area contributed by atoms with E-state index in [1.54, 1.807) is 4.90 Å². The van der Waals surface area contributed by atoms with Gasteiger partial charge in [0.05, 0.1) is 12.3 Å². The smallest absolute Gasteiger partial charge is 0.315 e. The van der Waals surface area contributed by atoms with Crippen LogP contribution in [0.3, 0.4) is 0 Å². The highest BCUT2D eigenvalue weighted by Crippen LogP contribution is 2.66. The molecule has 4 rings (SSSR count). The SMILES string of the molecule is CCCC(C)CC(NC(=O)[C@@H]1[C@H]2CCC3(CC3)[C@H]2CN1C(=O)[C@@H](NC(=O)N[C@H](CN(C)S(C)(=O)=O)C(C)(C)C)C1(C)CCCCC1)C(=O)C(N)=O. The normalized spacial score (nSPS) is 26.1. The van der Waals surface area contributed by atoms with Crippen molar-refractivity contribution in [2.24, 2.45) is 39.7 Å². The molecule has 4 fully saturated rings. The number of likely N-dealkylation sites (N-methyl/N-ethyl adjacent to an activating group) is 1. The van der Waals surface area contributed by atoms with Gasteiger partial charge < -0.3 is 26.6 Å². The maximum atomic E-state index is 15.0. The first-order chi connectivity index (χ1) is 23.6. The number of Topliss-reactive ketones (excluding diaryl/α,β-unsaturated/α-hetero) is 1. The van der Waals surface area contributed by atoms with Crippen LogP contribution < -0.4 is 21.7 Å². The Labute approximate surface area is 305 Å². The Bertz CT molecular complexity index is 1430. The standard InChI is InChI=1S/C37H64N6O7S/c1-9-13-23(2)20-26(29(44)31(38)45)39-32(46)28-24-14-17-37(18-19-37)25(24)21-43(28)33(47)30(36(6)15-11-10-12-16-36)41-34(48)40-27(35(3,4)5)22-42(7)51(8,49)50/h23-28,30H,9-22H2,1-8H3,(H2,38,45)(H,39,46)(H2,40,41,48)/t23?,24-,25-,26?,27+,28-,30+/m0/s1. The number of fused-ring (bicyclic) bond motifs is 2. The molecule has 14 heteroatoms. The molecule has 13 nitrogen and oxygen atoms in total. The highest BCUT2D eigenvalue weighted by atomic mass is 32.2. The van der Waals surface area contributed by atoms with Crippen molar-refractivity contribution >= 4 is 39.6 Å². The van der Waals surface area contributed by atoms with Crippen molar-refractivity contribution < 1.29 is 32.4 Å². The average Bonchev–Trinajstić information content (AvgIpc) is 3.60. The molecule has 4 aliphatic rings. The summed E-state index contributed by atoms with van der Waals surface area (Å²) in [5.41, 5.74) is 4.45. The maximum Gasteiger partial charge on any atom is 0.315 e. The molecule has 0 aromatic carbocycles. The number of sulfonamides is 1. The van der Waals surface area contributed by atoms with E-state index in [1.807, 2.05) is 41.5 Å². The second-order valence-corrected chi connectivity index (χ2v) is 19.8. The van der Waals surface area contributed by atoms with Gasteiger partial charge in [-0.05, 0) is 78.9 Å². The molecule has 7 atom stereocenters. The summed E-state index contributed by atoms with van der Waals surface area (Å²) in [7, 11) is -2.04. The topological polar surface area (TPSA) is 188 Å². The van der Waals surface area contributed by atoms with Crippen LogP contribution in [0.1, 0.15) is 119 Å². The molecule has 1 saturated heterocycles. The number of carbonyl (C=O) groups is 5. The van der Waals surface area contributed by atoms with Crippen LogP contribution in [0.5, 0.6) is 0 Å². The Hall–Kier alpha value is -2.74. The molecule has 2 unspecified atom stereocenters. The first kappa shape index (κ1) is 41.0. The minimum Gasteiger partial charge on any atom is -0.363 e. The largest absolute Gasteiger partial charge is 0.363 e. The Morgan fingerprint density at radius 2 is 1.61 bits per heavy atom. The minimum absolute atomic E-state index is 0.0491. The fourth-order valence-corrected chi connectivity index (χ4v) is 9.60. The molecule has 5 amide bonds. The Morgan fingerprint density at radius 3 is 2.14 bits per heavy atom. The van der Waals surface area contributed by atoms with Crippen molar-refractivity contribution in [3.8, 4) is 0 Å². The molecule has 0 aromatic heterocycles. The van der Waals surface area contributed by atoms with Crippen LogP contribution in [0.4, 0.5) is 4.79 Å². The van der Waals surface area contributed by atoms with Gasteiger partial charge in [-0.15, -0.1) is 0 Å². The van der Waals surface area contributed by atoms with Crippen LogP contribution >= 0.6 is 0 Å². The van der Waals surface area contributed by atoms with E-state index in [-0.39, 0.29) is 42.0 Å². The summed E-state index contributed by atoms with van der Waals surface area (Å²) in [6, 6.07) is -4.02. The van der Waals surface area contributed by atoms with Crippen molar-refractivity contribution in [1.82, 2.24) is 25.2 Å². The number of amides is 5. The molecular weight excluding hydrogens is 673 g/mol. The molecule has 1 aliphatic heterocycles. The fraction of sp³-hybridized carbons (Fsp3) is 0.865. The van der Waals surface area contributed by atoms with E-state index < -0.39 is 68.6 Å². The van der Waals surface area contributed by atoms with E-state index >= 15 is 4.79 Å². The van der Waals surface area contributed by atoms with Gasteiger partial charge in [-0.2, -0.15) is 0 Å². The number of hydrogen-bond acceptors (Lipinski definition) is 7. The van der Waals surface area contributed by atoms with Crippen molar-refractivity contribution in [2.45, 2.75) is 143 Å². The van der Waals surface area contributed by atoms with Crippen LogP contribution in [0, 0.1) is 34.0 Å². The van der Waals surface area contributed by atoms with Gasteiger partial charge >= 0.3 is 6.03 Å². The van der Waals surface area contributed by atoms with Crippen LogP contribution in [-0.2, 0) is 29.2 Å². The van der Waals surface area contributed by atoms with Gasteiger partial charge in [-0.25, -0.2) is 17.5 Å². The van der Waals surface area contributed by atoms with Crippen LogP contribution in [-0.4, -0.2) is 97.7 Å². The van der Waals surface area contributed by atoms with E-state index in [0.29, 0.717) is 6.54 Å². The third-order valence-corrected chi connectivity index (χ3v) is 14.0. The lowest BCUT2D eigenvalue weighted by molar-refractivity contribution is -0.145. The number of nitrogens with zero attached hydrogens (tertiary/aromatic N) is 2. The Kier molecular flexibility index (Phi) is 12.6. The number of carbonyl (C=O) groups excluding carboxylic acids is 5. The van der Waals surface area contributed by atoms with Gasteiger partial charge in [0, 0.05) is 26.2 Å².